The molecule has 4 aromatic rings. The zero-order chi connectivity index (χ0) is 21.8. The molecule has 1 atom stereocenters. The third kappa shape index (κ3) is 4.91. The van der Waals surface area contributed by atoms with E-state index >= 15 is 0 Å². The Morgan fingerprint density at radius 1 is 1.10 bits per heavy atom. The van der Waals surface area contributed by atoms with Crippen LogP contribution in [0, 0.1) is 3.57 Å². The number of pyridine rings is 1. The Morgan fingerprint density at radius 2 is 1.87 bits per heavy atom. The Labute approximate surface area is 192 Å². The predicted octanol–water partition coefficient (Wildman–Crippen LogP) is 3.45. The van der Waals surface area contributed by atoms with E-state index < -0.39 is 11.9 Å². The van der Waals surface area contributed by atoms with Gasteiger partial charge in [0.25, 0.3) is 5.91 Å². The molecule has 4 rings (SSSR count). The maximum Gasteiger partial charge on any atom is 0.254 e. The van der Waals surface area contributed by atoms with Gasteiger partial charge in [0.15, 0.2) is 0 Å². The van der Waals surface area contributed by atoms with Crippen molar-refractivity contribution in [3.05, 3.63) is 81.7 Å². The van der Waals surface area contributed by atoms with Gasteiger partial charge in [0.1, 0.15) is 17.4 Å². The van der Waals surface area contributed by atoms with E-state index in [4.69, 9.17) is 5.73 Å². The van der Waals surface area contributed by atoms with Crippen LogP contribution < -0.4 is 11.1 Å². The number of aryl methyl sites for hydroxylation is 1. The Bertz CT molecular complexity index is 1240. The molecule has 0 radical (unpaired) electrons. The molecule has 2 amide bonds. The van der Waals surface area contributed by atoms with Crippen LogP contribution in [-0.4, -0.2) is 32.8 Å². The summed E-state index contributed by atoms with van der Waals surface area (Å²) in [5.74, 6) is -0.307. The normalized spacial score (nSPS) is 11.9. The van der Waals surface area contributed by atoms with Crippen LogP contribution in [0.15, 0.2) is 67.0 Å². The molecule has 0 saturated heterocycles. The van der Waals surface area contributed by atoms with Crippen molar-refractivity contribution in [2.24, 2.45) is 5.73 Å². The minimum Gasteiger partial charge on any atom is -0.368 e. The van der Waals surface area contributed by atoms with E-state index in [1.165, 1.54) is 0 Å². The number of amides is 2. The predicted molar refractivity (Wildman–Crippen MR) is 127 cm³/mol. The molecule has 0 aliphatic rings. The number of carbonyl (C=O) groups is 2. The van der Waals surface area contributed by atoms with Crippen molar-refractivity contribution in [1.29, 1.82) is 0 Å². The van der Waals surface area contributed by atoms with Gasteiger partial charge in [-0.05, 0) is 77.4 Å². The molecule has 2 aromatic carbocycles. The standard InChI is InChI=1S/C23H20IN5O2/c24-16-4-1-3-14(13-16)7-8-19(21(25)30)28-23(31)17-5-2-6-18-20(17)29-22(27-18)15-9-11-26-12-10-15/h1-6,9-13,19H,7-8H2,(H2,25,30)(H,27,29)(H,28,31). The molecule has 156 valence electrons. The summed E-state index contributed by atoms with van der Waals surface area (Å²) >= 11 is 2.24. The first-order chi connectivity index (χ1) is 15.0. The summed E-state index contributed by atoms with van der Waals surface area (Å²) in [5.41, 5.74) is 9.17. The number of primary amides is 1. The van der Waals surface area contributed by atoms with E-state index in [1.807, 2.05) is 42.5 Å². The quantitative estimate of drug-likeness (QED) is 0.321. The van der Waals surface area contributed by atoms with E-state index in [9.17, 15) is 9.59 Å². The number of nitrogens with zero attached hydrogens (tertiary/aromatic N) is 2. The monoisotopic (exact) mass is 525 g/mol. The number of halogens is 1. The van der Waals surface area contributed by atoms with Gasteiger partial charge >= 0.3 is 0 Å². The molecule has 1 unspecified atom stereocenters. The highest BCUT2D eigenvalue weighted by atomic mass is 127. The number of rotatable bonds is 7. The third-order valence-electron chi connectivity index (χ3n) is 4.97. The smallest absolute Gasteiger partial charge is 0.254 e. The number of hydrogen-bond acceptors (Lipinski definition) is 4. The minimum absolute atomic E-state index is 0.384. The van der Waals surface area contributed by atoms with Crippen molar-refractivity contribution in [3.63, 3.8) is 0 Å². The fraction of sp³-hybridized carbons (Fsp3) is 0.130. The van der Waals surface area contributed by atoms with Gasteiger partial charge in [0.05, 0.1) is 11.1 Å². The zero-order valence-corrected chi connectivity index (χ0v) is 18.7. The zero-order valence-electron chi connectivity index (χ0n) is 16.5. The molecule has 8 heteroatoms. The number of aromatic amines is 1. The van der Waals surface area contributed by atoms with E-state index in [-0.39, 0.29) is 5.91 Å². The highest BCUT2D eigenvalue weighted by Gasteiger charge is 2.21. The molecule has 0 aliphatic carbocycles. The van der Waals surface area contributed by atoms with Crippen molar-refractivity contribution in [2.45, 2.75) is 18.9 Å². The largest absolute Gasteiger partial charge is 0.368 e. The second kappa shape index (κ2) is 9.25. The molecule has 7 nitrogen and oxygen atoms in total. The van der Waals surface area contributed by atoms with Crippen LogP contribution in [0.3, 0.4) is 0 Å². The lowest BCUT2D eigenvalue weighted by atomic mass is 10.0. The van der Waals surface area contributed by atoms with Crippen LogP contribution >= 0.6 is 22.6 Å². The van der Waals surface area contributed by atoms with Gasteiger partial charge in [-0.25, -0.2) is 4.98 Å². The Hall–Kier alpha value is -3.27. The summed E-state index contributed by atoms with van der Waals surface area (Å²) in [6, 6.07) is 16.2. The van der Waals surface area contributed by atoms with Gasteiger partial charge < -0.3 is 16.0 Å². The Morgan fingerprint density at radius 3 is 2.61 bits per heavy atom. The lowest BCUT2D eigenvalue weighted by molar-refractivity contribution is -0.120. The van der Waals surface area contributed by atoms with Crippen LogP contribution in [0.1, 0.15) is 22.3 Å². The second-order valence-corrected chi connectivity index (χ2v) is 8.37. The molecular formula is C23H20IN5O2. The maximum absolute atomic E-state index is 13.0. The molecule has 0 fully saturated rings. The molecule has 2 heterocycles. The van der Waals surface area contributed by atoms with Crippen LogP contribution in [0.5, 0.6) is 0 Å². The number of H-pyrrole nitrogens is 1. The van der Waals surface area contributed by atoms with Gasteiger partial charge in [-0.15, -0.1) is 0 Å². The van der Waals surface area contributed by atoms with Crippen molar-refractivity contribution in [3.8, 4) is 11.4 Å². The molecule has 0 saturated carbocycles. The highest BCUT2D eigenvalue weighted by Crippen LogP contribution is 2.22. The number of aromatic nitrogens is 3. The van der Waals surface area contributed by atoms with E-state index in [0.717, 1.165) is 20.2 Å². The van der Waals surface area contributed by atoms with Crippen LogP contribution in [0.4, 0.5) is 0 Å². The first kappa shape index (κ1) is 21.0. The molecule has 0 aliphatic heterocycles. The van der Waals surface area contributed by atoms with E-state index in [1.54, 1.807) is 24.5 Å². The summed E-state index contributed by atoms with van der Waals surface area (Å²) in [6.07, 6.45) is 4.41. The highest BCUT2D eigenvalue weighted by molar-refractivity contribution is 14.1. The number of benzene rings is 2. The second-order valence-electron chi connectivity index (χ2n) is 7.12. The van der Waals surface area contributed by atoms with Gasteiger partial charge in [-0.3, -0.25) is 14.6 Å². The fourth-order valence-electron chi connectivity index (χ4n) is 3.39. The minimum atomic E-state index is -0.778. The first-order valence-corrected chi connectivity index (χ1v) is 10.8. The van der Waals surface area contributed by atoms with E-state index in [2.05, 4.69) is 42.9 Å². The number of nitrogens with one attached hydrogen (secondary N) is 2. The molecule has 0 spiro atoms. The molecule has 0 bridgehead atoms. The number of nitrogens with two attached hydrogens (primary N) is 1. The summed E-state index contributed by atoms with van der Waals surface area (Å²) < 4.78 is 1.12. The number of para-hydroxylation sites is 1. The average Bonchev–Trinajstić information content (AvgIpc) is 3.21. The lowest BCUT2D eigenvalue weighted by Crippen LogP contribution is -2.44. The van der Waals surface area contributed by atoms with Crippen LogP contribution in [0.2, 0.25) is 0 Å². The van der Waals surface area contributed by atoms with Gasteiger partial charge in [0.2, 0.25) is 5.91 Å². The fourth-order valence-corrected chi connectivity index (χ4v) is 3.99. The third-order valence-corrected chi connectivity index (χ3v) is 5.64. The molecular weight excluding hydrogens is 505 g/mol. The van der Waals surface area contributed by atoms with Crippen molar-refractivity contribution >= 4 is 45.4 Å². The van der Waals surface area contributed by atoms with Crippen LogP contribution in [-0.2, 0) is 11.2 Å². The van der Waals surface area contributed by atoms with Crippen molar-refractivity contribution < 1.29 is 9.59 Å². The van der Waals surface area contributed by atoms with Gasteiger partial charge in [-0.1, -0.05) is 18.2 Å². The van der Waals surface area contributed by atoms with E-state index in [0.29, 0.717) is 29.7 Å². The number of imidazole rings is 1. The topological polar surface area (TPSA) is 114 Å². The number of carbonyl (C=O) groups excluding carboxylic acids is 2. The number of hydrogen-bond donors (Lipinski definition) is 3. The Balaban J connectivity index is 1.54. The summed E-state index contributed by atoms with van der Waals surface area (Å²) in [7, 11) is 0. The number of fused-ring (bicyclic) bond motifs is 1. The van der Waals surface area contributed by atoms with Crippen molar-refractivity contribution in [2.75, 3.05) is 0 Å². The van der Waals surface area contributed by atoms with Crippen molar-refractivity contribution in [1.82, 2.24) is 20.3 Å². The first-order valence-electron chi connectivity index (χ1n) is 9.75. The summed E-state index contributed by atoms with van der Waals surface area (Å²) in [6.45, 7) is 0. The van der Waals surface area contributed by atoms with Crippen LogP contribution in [0.25, 0.3) is 22.4 Å². The maximum atomic E-state index is 13.0. The summed E-state index contributed by atoms with van der Waals surface area (Å²) in [4.78, 5) is 36.8. The summed E-state index contributed by atoms with van der Waals surface area (Å²) in [5, 5.41) is 2.78. The Kier molecular flexibility index (Phi) is 6.26. The molecule has 4 N–H and O–H groups in total. The van der Waals surface area contributed by atoms with Gasteiger partial charge in [0, 0.05) is 21.5 Å². The SMILES string of the molecule is NC(=O)C(CCc1cccc(I)c1)NC(=O)c1cccc2[nH]c(-c3ccncc3)nc12. The molecule has 2 aromatic heterocycles. The lowest BCUT2D eigenvalue weighted by Gasteiger charge is -2.16. The average molecular weight is 525 g/mol. The molecule has 31 heavy (non-hydrogen) atoms. The van der Waals surface area contributed by atoms with Gasteiger partial charge in [-0.2, -0.15) is 0 Å².